The summed E-state index contributed by atoms with van der Waals surface area (Å²) < 4.78 is 30.4. The molecule has 6 nitrogen and oxygen atoms in total. The number of nitrogens with one attached hydrogen (secondary N) is 1. The van der Waals surface area contributed by atoms with Crippen LogP contribution in [0.4, 0.5) is 5.69 Å². The molecule has 0 spiro atoms. The van der Waals surface area contributed by atoms with Gasteiger partial charge < -0.3 is 10.1 Å². The van der Waals surface area contributed by atoms with Crippen molar-refractivity contribution in [1.82, 2.24) is 5.32 Å². The Hall–Kier alpha value is -1.90. The Morgan fingerprint density at radius 2 is 1.86 bits per heavy atom. The van der Waals surface area contributed by atoms with Gasteiger partial charge >= 0.3 is 0 Å². The molecule has 0 fully saturated rings. The van der Waals surface area contributed by atoms with Crippen molar-refractivity contribution in [2.45, 2.75) is 12.2 Å². The summed E-state index contributed by atoms with van der Waals surface area (Å²) >= 11 is 7.86. The lowest BCUT2D eigenvalue weighted by Gasteiger charge is -2.22. The molecule has 2 aromatic rings. The minimum absolute atomic E-state index is 0.266. The fourth-order valence-corrected chi connectivity index (χ4v) is 4.64. The number of hydrogen-bond acceptors (Lipinski definition) is 5. The SMILES string of the molecule is COc1ccc(N(CC(=O)NCCCSCc2ccccc2Cl)S(C)(=O)=O)cc1. The lowest BCUT2D eigenvalue weighted by molar-refractivity contribution is -0.119. The van der Waals surface area contributed by atoms with E-state index in [9.17, 15) is 13.2 Å². The zero-order valence-corrected chi connectivity index (χ0v) is 18.8. The third-order valence-electron chi connectivity index (χ3n) is 4.05. The number of anilines is 1. The van der Waals surface area contributed by atoms with E-state index < -0.39 is 10.0 Å². The molecule has 0 atom stereocenters. The van der Waals surface area contributed by atoms with Crippen molar-refractivity contribution < 1.29 is 17.9 Å². The van der Waals surface area contributed by atoms with Crippen LogP contribution >= 0.6 is 23.4 Å². The van der Waals surface area contributed by atoms with Crippen molar-refractivity contribution in [2.75, 3.05) is 36.5 Å². The second kappa shape index (κ2) is 11.3. The lowest BCUT2D eigenvalue weighted by Crippen LogP contribution is -2.40. The van der Waals surface area contributed by atoms with Gasteiger partial charge in [0, 0.05) is 17.3 Å². The molecular formula is C20H25ClN2O4S2. The van der Waals surface area contributed by atoms with Gasteiger partial charge in [-0.15, -0.1) is 0 Å². The van der Waals surface area contributed by atoms with E-state index in [4.69, 9.17) is 16.3 Å². The summed E-state index contributed by atoms with van der Waals surface area (Å²) in [4.78, 5) is 12.2. The predicted octanol–water partition coefficient (Wildman–Crippen LogP) is 3.55. The number of benzene rings is 2. The molecule has 0 saturated carbocycles. The minimum atomic E-state index is -3.59. The maximum Gasteiger partial charge on any atom is 0.240 e. The maximum atomic E-state index is 12.2. The maximum absolute atomic E-state index is 12.2. The van der Waals surface area contributed by atoms with Crippen LogP contribution in [0.3, 0.4) is 0 Å². The number of carbonyl (C=O) groups is 1. The number of carbonyl (C=O) groups excluding carboxylic acids is 1. The zero-order valence-electron chi connectivity index (χ0n) is 16.4. The van der Waals surface area contributed by atoms with Crippen LogP contribution in [0.5, 0.6) is 5.75 Å². The molecule has 2 rings (SSSR count). The van der Waals surface area contributed by atoms with Gasteiger partial charge in [0.2, 0.25) is 15.9 Å². The van der Waals surface area contributed by atoms with Crippen LogP contribution in [0, 0.1) is 0 Å². The highest BCUT2D eigenvalue weighted by molar-refractivity contribution is 7.98. The van der Waals surface area contributed by atoms with Crippen LogP contribution in [0.1, 0.15) is 12.0 Å². The number of amides is 1. The van der Waals surface area contributed by atoms with Crippen molar-refractivity contribution in [3.63, 3.8) is 0 Å². The fourth-order valence-electron chi connectivity index (χ4n) is 2.53. The Kier molecular flexibility index (Phi) is 9.13. The fraction of sp³-hybridized carbons (Fsp3) is 0.350. The van der Waals surface area contributed by atoms with Gasteiger partial charge in [-0.1, -0.05) is 29.8 Å². The summed E-state index contributed by atoms with van der Waals surface area (Å²) in [7, 11) is -2.06. The summed E-state index contributed by atoms with van der Waals surface area (Å²) in [5, 5.41) is 3.54. The van der Waals surface area contributed by atoms with Gasteiger partial charge in [-0.05, 0) is 48.1 Å². The smallest absolute Gasteiger partial charge is 0.240 e. The Morgan fingerprint density at radius 1 is 1.17 bits per heavy atom. The predicted molar refractivity (Wildman–Crippen MR) is 120 cm³/mol. The van der Waals surface area contributed by atoms with Gasteiger partial charge in [-0.25, -0.2) is 8.42 Å². The summed E-state index contributed by atoms with van der Waals surface area (Å²) in [6.45, 7) is 0.215. The number of nitrogens with zero attached hydrogens (tertiary/aromatic N) is 1. The molecule has 0 aliphatic heterocycles. The largest absolute Gasteiger partial charge is 0.497 e. The van der Waals surface area contributed by atoms with E-state index >= 15 is 0 Å². The number of ether oxygens (including phenoxy) is 1. The van der Waals surface area contributed by atoms with Crippen molar-refractivity contribution >= 4 is 45.0 Å². The van der Waals surface area contributed by atoms with Gasteiger partial charge in [0.1, 0.15) is 12.3 Å². The molecule has 29 heavy (non-hydrogen) atoms. The van der Waals surface area contributed by atoms with Crippen LogP contribution in [-0.2, 0) is 20.6 Å². The molecular weight excluding hydrogens is 432 g/mol. The molecule has 0 aromatic heterocycles. The Balaban J connectivity index is 1.77. The summed E-state index contributed by atoms with van der Waals surface area (Å²) in [6.07, 6.45) is 1.86. The first kappa shape index (κ1) is 23.4. The average molecular weight is 457 g/mol. The first-order valence-corrected chi connectivity index (χ1v) is 12.4. The van der Waals surface area contributed by atoms with E-state index in [0.717, 1.165) is 39.1 Å². The van der Waals surface area contributed by atoms with Gasteiger partial charge in [0.05, 0.1) is 19.1 Å². The third kappa shape index (κ3) is 7.79. The highest BCUT2D eigenvalue weighted by Gasteiger charge is 2.20. The van der Waals surface area contributed by atoms with Crippen molar-refractivity contribution in [3.05, 3.63) is 59.1 Å². The quantitative estimate of drug-likeness (QED) is 0.523. The summed E-state index contributed by atoms with van der Waals surface area (Å²) in [5.74, 6) is 1.94. The Bertz CT molecular complexity index is 905. The van der Waals surface area contributed by atoms with Crippen molar-refractivity contribution in [2.24, 2.45) is 0 Å². The summed E-state index contributed by atoms with van der Waals surface area (Å²) in [5.41, 5.74) is 1.50. The molecule has 9 heteroatoms. The van der Waals surface area contributed by atoms with Gasteiger partial charge in [0.25, 0.3) is 0 Å². The number of rotatable bonds is 11. The Labute approximate surface area is 181 Å². The van der Waals surface area contributed by atoms with E-state index in [0.29, 0.717) is 18.0 Å². The van der Waals surface area contributed by atoms with Crippen LogP contribution in [0.15, 0.2) is 48.5 Å². The standard InChI is InChI=1S/C20H25ClN2O4S2/c1-27-18-10-8-17(9-11-18)23(29(2,25)26)14-20(24)22-12-5-13-28-15-16-6-3-4-7-19(16)21/h3-4,6-11H,5,12-15H2,1-2H3,(H,22,24). The average Bonchev–Trinajstić information content (AvgIpc) is 2.69. The molecule has 1 N–H and O–H groups in total. The minimum Gasteiger partial charge on any atom is -0.497 e. The van der Waals surface area contributed by atoms with Crippen LogP contribution in [0.25, 0.3) is 0 Å². The van der Waals surface area contributed by atoms with Gasteiger partial charge in [-0.3, -0.25) is 9.10 Å². The van der Waals surface area contributed by atoms with Crippen LogP contribution in [0.2, 0.25) is 5.02 Å². The van der Waals surface area contributed by atoms with E-state index in [2.05, 4.69) is 5.32 Å². The molecule has 0 saturated heterocycles. The number of halogens is 1. The third-order valence-corrected chi connectivity index (χ3v) is 6.65. The lowest BCUT2D eigenvalue weighted by atomic mass is 10.2. The molecule has 1 amide bonds. The molecule has 0 bridgehead atoms. The van der Waals surface area contributed by atoms with Crippen LogP contribution < -0.4 is 14.4 Å². The molecule has 0 heterocycles. The molecule has 0 radical (unpaired) electrons. The molecule has 0 aliphatic carbocycles. The van der Waals surface area contributed by atoms with Crippen LogP contribution in [-0.4, -0.2) is 46.5 Å². The highest BCUT2D eigenvalue weighted by atomic mass is 35.5. The topological polar surface area (TPSA) is 75.7 Å². The second-order valence-corrected chi connectivity index (χ2v) is 9.73. The first-order valence-electron chi connectivity index (χ1n) is 9.01. The molecule has 2 aromatic carbocycles. The molecule has 0 aliphatic rings. The van der Waals surface area contributed by atoms with Crippen molar-refractivity contribution in [1.29, 1.82) is 0 Å². The highest BCUT2D eigenvalue weighted by Crippen LogP contribution is 2.22. The normalized spacial score (nSPS) is 11.1. The number of thioether (sulfide) groups is 1. The number of hydrogen-bond donors (Lipinski definition) is 1. The molecule has 0 unspecified atom stereocenters. The molecule has 158 valence electrons. The first-order chi connectivity index (χ1) is 13.8. The Morgan fingerprint density at radius 3 is 2.48 bits per heavy atom. The van der Waals surface area contributed by atoms with Gasteiger partial charge in [0.15, 0.2) is 0 Å². The zero-order chi connectivity index (χ0) is 21.3. The number of methoxy groups -OCH3 is 1. The van der Waals surface area contributed by atoms with Crippen molar-refractivity contribution in [3.8, 4) is 5.75 Å². The second-order valence-electron chi connectivity index (χ2n) is 6.32. The van der Waals surface area contributed by atoms with Gasteiger partial charge in [-0.2, -0.15) is 11.8 Å². The van der Waals surface area contributed by atoms with E-state index in [-0.39, 0.29) is 12.5 Å². The van der Waals surface area contributed by atoms with E-state index in [1.807, 2.05) is 24.3 Å². The number of sulfonamides is 1. The summed E-state index contributed by atoms with van der Waals surface area (Å²) in [6, 6.07) is 14.3. The monoisotopic (exact) mass is 456 g/mol. The van der Waals surface area contributed by atoms with E-state index in [1.165, 1.54) is 7.11 Å². The van der Waals surface area contributed by atoms with E-state index in [1.54, 1.807) is 36.0 Å².